The third kappa shape index (κ3) is 7.11. The van der Waals surface area contributed by atoms with Crippen molar-refractivity contribution in [2.75, 3.05) is 38.1 Å². The van der Waals surface area contributed by atoms with Gasteiger partial charge in [-0.3, -0.25) is 4.79 Å². The number of halogens is 1. The van der Waals surface area contributed by atoms with E-state index in [0.717, 1.165) is 93.8 Å². The predicted octanol–water partition coefficient (Wildman–Crippen LogP) is 6.03. The molecule has 48 heavy (non-hydrogen) atoms. The van der Waals surface area contributed by atoms with Crippen LogP contribution in [0.5, 0.6) is 5.75 Å². The van der Waals surface area contributed by atoms with Crippen molar-refractivity contribution in [1.82, 2.24) is 9.62 Å². The summed E-state index contributed by atoms with van der Waals surface area (Å²) in [6, 6.07) is 11.3. The maximum atomic E-state index is 13.5. The number of anilines is 1. The van der Waals surface area contributed by atoms with E-state index in [1.807, 2.05) is 37.3 Å². The number of nitrogens with one attached hydrogen (secondary N) is 1. The average Bonchev–Trinajstić information content (AvgIpc) is 3.58. The highest BCUT2D eigenvalue weighted by atomic mass is 35.5. The third-order valence-corrected chi connectivity index (χ3v) is 14.0. The first-order valence-electron chi connectivity index (χ1n) is 17.9. The fraction of sp³-hybridized carbons (Fsp3) is 0.649. The van der Waals surface area contributed by atoms with Crippen LogP contribution in [0.4, 0.5) is 5.69 Å². The summed E-state index contributed by atoms with van der Waals surface area (Å²) in [5.41, 5.74) is 3.44. The van der Waals surface area contributed by atoms with E-state index in [2.05, 4.69) is 21.6 Å². The van der Waals surface area contributed by atoms with Crippen molar-refractivity contribution in [3.8, 4) is 5.75 Å². The molecule has 0 spiro atoms. The fourth-order valence-electron chi connectivity index (χ4n) is 8.56. The van der Waals surface area contributed by atoms with E-state index in [-0.39, 0.29) is 30.3 Å². The number of amides is 1. The van der Waals surface area contributed by atoms with Gasteiger partial charge in [-0.05, 0) is 118 Å². The summed E-state index contributed by atoms with van der Waals surface area (Å²) in [6.07, 6.45) is 7.67. The van der Waals surface area contributed by atoms with Crippen molar-refractivity contribution in [3.05, 3.63) is 58.1 Å². The monoisotopic (exact) mass is 699 g/mol. The number of hydrogen-bond acceptors (Lipinski definition) is 8. The number of likely N-dealkylation sites (N-methyl/N-ethyl adjacent to an activating group) is 1. The molecule has 4 heterocycles. The number of carbonyl (C=O) groups excluding carboxylic acids is 1. The maximum Gasteiger partial charge on any atom is 0.264 e. The van der Waals surface area contributed by atoms with Crippen LogP contribution in [0.1, 0.15) is 80.3 Å². The first kappa shape index (κ1) is 34.1. The van der Waals surface area contributed by atoms with Crippen LogP contribution >= 0.6 is 11.6 Å². The van der Waals surface area contributed by atoms with Crippen molar-refractivity contribution in [2.45, 2.75) is 95.6 Å². The highest BCUT2D eigenvalue weighted by molar-refractivity contribution is 7.90. The number of rotatable bonds is 1. The Kier molecular flexibility index (Phi) is 10.0. The first-order valence-corrected chi connectivity index (χ1v) is 19.8. The zero-order valence-electron chi connectivity index (χ0n) is 28.4. The molecule has 2 aromatic carbocycles. The van der Waals surface area contributed by atoms with Gasteiger partial charge in [-0.25, -0.2) is 13.1 Å². The Labute approximate surface area is 290 Å². The molecule has 2 aromatic rings. The number of fused-ring (bicyclic) bond motifs is 4. The molecular weight excluding hydrogens is 650 g/mol. The Balaban J connectivity index is 1.23. The molecule has 11 heteroatoms. The Morgan fingerprint density at radius 1 is 0.875 bits per heavy atom. The topological polar surface area (TPSA) is 97.4 Å². The number of hydrogen-bond donors (Lipinski definition) is 1. The lowest BCUT2D eigenvalue weighted by Crippen LogP contribution is -2.45. The molecule has 9 nitrogen and oxygen atoms in total. The van der Waals surface area contributed by atoms with E-state index in [4.69, 9.17) is 25.8 Å². The molecule has 7 rings (SSSR count). The van der Waals surface area contributed by atoms with Crippen LogP contribution in [0.2, 0.25) is 5.02 Å². The molecule has 0 radical (unpaired) electrons. The number of nitrogens with zero attached hydrogens (tertiary/aromatic N) is 2. The molecule has 0 unspecified atom stereocenters. The molecule has 1 amide bonds. The van der Waals surface area contributed by atoms with Crippen LogP contribution in [0.25, 0.3) is 0 Å². The Bertz CT molecular complexity index is 1590. The summed E-state index contributed by atoms with van der Waals surface area (Å²) in [5.74, 6) is 1.10. The third-order valence-electron chi connectivity index (χ3n) is 11.8. The minimum atomic E-state index is -3.90. The molecule has 4 aliphatic heterocycles. The quantitative estimate of drug-likeness (QED) is 0.386. The minimum Gasteiger partial charge on any atom is -0.487 e. The summed E-state index contributed by atoms with van der Waals surface area (Å²) in [7, 11) is -1.78. The van der Waals surface area contributed by atoms with E-state index in [1.54, 1.807) is 13.0 Å². The van der Waals surface area contributed by atoms with E-state index in [0.29, 0.717) is 29.8 Å². The van der Waals surface area contributed by atoms with Crippen molar-refractivity contribution in [3.63, 3.8) is 0 Å². The van der Waals surface area contributed by atoms with Crippen LogP contribution in [-0.4, -0.2) is 76.2 Å². The lowest BCUT2D eigenvalue weighted by molar-refractivity contribution is -0.146. The van der Waals surface area contributed by atoms with Gasteiger partial charge >= 0.3 is 0 Å². The number of likely N-dealkylation sites (tertiary alicyclic amines) is 1. The van der Waals surface area contributed by atoms with Crippen LogP contribution in [0.3, 0.4) is 0 Å². The van der Waals surface area contributed by atoms with Crippen LogP contribution in [0, 0.1) is 23.7 Å². The lowest BCUT2D eigenvalue weighted by atomic mass is 9.65. The summed E-state index contributed by atoms with van der Waals surface area (Å²) in [4.78, 5) is 18.2. The molecule has 1 saturated carbocycles. The average molecular weight is 700 g/mol. The standard InChI is InChI=1S/C37H50ClN3O6S/c1-23-7-6-9-31(37-46-34-20-40(3)21-35(34)47-37)30-14-11-27(30)19-41-16-5-4-8-25-17-29(38)13-10-28(25)22-45-33-15-12-26(18-32(33)41)36(42)39-48(43,44)24(23)2/h10,12-13,15,17-18,23-24,27,30-31,34-35,37H,4-9,11,14,16,19-22H2,1-3H3,(H,39,42)/t23-,24+,27-,30+,31+,34-,35+,37-/m0/s1. The summed E-state index contributed by atoms with van der Waals surface area (Å²) in [5, 5.41) is 0.00673. The molecule has 0 aromatic heterocycles. The van der Waals surface area contributed by atoms with E-state index in [9.17, 15) is 13.2 Å². The summed E-state index contributed by atoms with van der Waals surface area (Å²) >= 11 is 6.38. The second-order valence-corrected chi connectivity index (χ2v) is 17.5. The van der Waals surface area contributed by atoms with Crippen molar-refractivity contribution < 1.29 is 27.4 Å². The molecular formula is C37H50ClN3O6S. The van der Waals surface area contributed by atoms with E-state index >= 15 is 0 Å². The van der Waals surface area contributed by atoms with Crippen molar-refractivity contribution >= 4 is 33.2 Å². The van der Waals surface area contributed by atoms with Gasteiger partial charge in [0, 0.05) is 42.7 Å². The molecule has 8 atom stereocenters. The van der Waals surface area contributed by atoms with Gasteiger partial charge in [0.1, 0.15) is 24.6 Å². The second kappa shape index (κ2) is 14.1. The number of ether oxygens (including phenoxy) is 3. The van der Waals surface area contributed by atoms with Gasteiger partial charge in [-0.2, -0.15) is 0 Å². The molecule has 2 saturated heterocycles. The number of carbonyl (C=O) groups is 1. The Morgan fingerprint density at radius 3 is 2.42 bits per heavy atom. The van der Waals surface area contributed by atoms with E-state index < -0.39 is 21.2 Å². The molecule has 3 fully saturated rings. The van der Waals surface area contributed by atoms with Crippen LogP contribution in [-0.2, 0) is 32.5 Å². The maximum absolute atomic E-state index is 13.5. The first-order chi connectivity index (χ1) is 23.1. The summed E-state index contributed by atoms with van der Waals surface area (Å²) < 4.78 is 49.1. The SMILES string of the molecule is C[C@@H]1[C@@H](C)CCC[C@@H]([C@H]2O[C@H]3CN(C)C[C@H]3O2)[C@@H]2CC[C@H]2CN2CCCCc3cc(Cl)ccc3COc3ccc(cc32)C(=O)NS1(=O)=O. The highest BCUT2D eigenvalue weighted by Gasteiger charge is 2.49. The van der Waals surface area contributed by atoms with Crippen molar-refractivity contribution in [2.24, 2.45) is 23.7 Å². The number of benzene rings is 2. The second-order valence-electron chi connectivity index (χ2n) is 15.0. The zero-order valence-corrected chi connectivity index (χ0v) is 30.0. The lowest BCUT2D eigenvalue weighted by Gasteiger charge is -2.46. The molecule has 1 aliphatic carbocycles. The smallest absolute Gasteiger partial charge is 0.264 e. The highest BCUT2D eigenvalue weighted by Crippen LogP contribution is 2.48. The summed E-state index contributed by atoms with van der Waals surface area (Å²) in [6.45, 7) is 7.47. The minimum absolute atomic E-state index is 0.110. The molecule has 262 valence electrons. The molecule has 1 N–H and O–H groups in total. The number of sulfonamides is 1. The molecule has 2 bridgehead atoms. The van der Waals surface area contributed by atoms with Gasteiger partial charge in [0.25, 0.3) is 5.91 Å². The van der Waals surface area contributed by atoms with Gasteiger partial charge < -0.3 is 24.0 Å². The van der Waals surface area contributed by atoms with Crippen molar-refractivity contribution in [1.29, 1.82) is 0 Å². The van der Waals surface area contributed by atoms with Gasteiger partial charge in [0.05, 0.1) is 10.9 Å². The number of aryl methyl sites for hydroxylation is 1. The predicted molar refractivity (Wildman–Crippen MR) is 187 cm³/mol. The Hall–Kier alpha value is -2.37. The fourth-order valence-corrected chi connectivity index (χ4v) is 10.1. The van der Waals surface area contributed by atoms with Crippen LogP contribution in [0.15, 0.2) is 36.4 Å². The van der Waals surface area contributed by atoms with Gasteiger partial charge in [0.2, 0.25) is 10.0 Å². The van der Waals surface area contributed by atoms with Gasteiger partial charge in [-0.15, -0.1) is 0 Å². The largest absolute Gasteiger partial charge is 0.487 e. The normalized spacial score (nSPS) is 34.4. The van der Waals surface area contributed by atoms with Gasteiger partial charge in [-0.1, -0.05) is 31.0 Å². The van der Waals surface area contributed by atoms with Gasteiger partial charge in [0.15, 0.2) is 6.29 Å². The van der Waals surface area contributed by atoms with Crippen LogP contribution < -0.4 is 14.4 Å². The zero-order chi connectivity index (χ0) is 33.6. The van der Waals surface area contributed by atoms with E-state index in [1.165, 1.54) is 5.56 Å². The Morgan fingerprint density at radius 2 is 1.67 bits per heavy atom. The molecule has 5 aliphatic rings.